The molecule has 0 aliphatic heterocycles. The molecular formula is C13H18F2N2O2. The molecule has 19 heavy (non-hydrogen) atoms. The van der Waals surface area contributed by atoms with Gasteiger partial charge in [0.1, 0.15) is 5.82 Å². The van der Waals surface area contributed by atoms with E-state index in [1.165, 1.54) is 4.90 Å². The van der Waals surface area contributed by atoms with Gasteiger partial charge in [0.05, 0.1) is 13.0 Å². The zero-order chi connectivity index (χ0) is 14.3. The van der Waals surface area contributed by atoms with Gasteiger partial charge < -0.3 is 15.4 Å². The average Bonchev–Trinajstić information content (AvgIpc) is 2.39. The molecule has 0 aliphatic rings. The van der Waals surface area contributed by atoms with Gasteiger partial charge in [-0.1, -0.05) is 0 Å². The van der Waals surface area contributed by atoms with Crippen LogP contribution in [0.1, 0.15) is 12.8 Å². The van der Waals surface area contributed by atoms with Crippen LogP contribution in [0.15, 0.2) is 18.2 Å². The predicted molar refractivity (Wildman–Crippen MR) is 67.8 cm³/mol. The molecule has 0 atom stereocenters. The molecule has 2 N–H and O–H groups in total. The number of rotatable bonds is 7. The highest BCUT2D eigenvalue weighted by atomic mass is 19.1. The predicted octanol–water partition coefficient (Wildman–Crippen LogP) is 1.54. The summed E-state index contributed by atoms with van der Waals surface area (Å²) in [4.78, 5) is 13.2. The molecule has 0 spiro atoms. The van der Waals surface area contributed by atoms with Gasteiger partial charge in [-0.3, -0.25) is 4.79 Å². The summed E-state index contributed by atoms with van der Waals surface area (Å²) in [7, 11) is 1.67. The summed E-state index contributed by atoms with van der Waals surface area (Å²) in [5, 5.41) is 0. The van der Waals surface area contributed by atoms with E-state index in [4.69, 9.17) is 10.5 Å². The van der Waals surface area contributed by atoms with Crippen LogP contribution in [0, 0.1) is 11.6 Å². The highest BCUT2D eigenvalue weighted by molar-refractivity contribution is 5.75. The third kappa shape index (κ3) is 5.21. The Hall–Kier alpha value is -1.69. The first kappa shape index (κ1) is 15.4. The number of halogens is 2. The molecule has 0 unspecified atom stereocenters. The maximum atomic E-state index is 13.2. The third-order valence-electron chi connectivity index (χ3n) is 2.59. The van der Waals surface area contributed by atoms with Gasteiger partial charge in [-0.15, -0.1) is 0 Å². The lowest BCUT2D eigenvalue weighted by molar-refractivity contribution is -0.130. The van der Waals surface area contributed by atoms with Crippen LogP contribution in [-0.4, -0.2) is 37.6 Å². The van der Waals surface area contributed by atoms with E-state index in [0.717, 1.165) is 24.6 Å². The van der Waals surface area contributed by atoms with Gasteiger partial charge in [-0.25, -0.2) is 8.78 Å². The van der Waals surface area contributed by atoms with Crippen molar-refractivity contribution in [2.24, 2.45) is 5.73 Å². The topological polar surface area (TPSA) is 55.6 Å². The number of carbonyl (C=O) groups is 1. The molecule has 0 saturated heterocycles. The highest BCUT2D eigenvalue weighted by Crippen LogP contribution is 2.18. The third-order valence-corrected chi connectivity index (χ3v) is 2.59. The molecular weight excluding hydrogens is 254 g/mol. The van der Waals surface area contributed by atoms with Crippen LogP contribution in [0.25, 0.3) is 0 Å². The lowest BCUT2D eigenvalue weighted by Gasteiger charge is -2.16. The van der Waals surface area contributed by atoms with E-state index in [0.29, 0.717) is 13.1 Å². The summed E-state index contributed by atoms with van der Waals surface area (Å²) in [6, 6.07) is 2.95. The molecule has 0 aromatic heterocycles. The molecule has 0 saturated carbocycles. The average molecular weight is 272 g/mol. The first-order valence-electron chi connectivity index (χ1n) is 6.06. The molecule has 1 rings (SSSR count). The van der Waals surface area contributed by atoms with Crippen LogP contribution in [0.2, 0.25) is 0 Å². The Kier molecular flexibility index (Phi) is 6.21. The molecule has 4 nitrogen and oxygen atoms in total. The summed E-state index contributed by atoms with van der Waals surface area (Å²) in [6.07, 6.45) is 0.832. The number of hydrogen-bond acceptors (Lipinski definition) is 3. The largest absolute Gasteiger partial charge is 0.490 e. The van der Waals surface area contributed by atoms with Gasteiger partial charge in [-0.05, 0) is 25.1 Å². The van der Waals surface area contributed by atoms with E-state index in [2.05, 4.69) is 0 Å². The highest BCUT2D eigenvalue weighted by Gasteiger charge is 2.10. The van der Waals surface area contributed by atoms with Crippen molar-refractivity contribution in [2.75, 3.05) is 26.7 Å². The first-order valence-corrected chi connectivity index (χ1v) is 6.06. The lowest BCUT2D eigenvalue weighted by atomic mass is 10.3. The molecule has 0 heterocycles. The Morgan fingerprint density at radius 1 is 1.42 bits per heavy atom. The van der Waals surface area contributed by atoms with Crippen LogP contribution in [0.5, 0.6) is 5.75 Å². The summed E-state index contributed by atoms with van der Waals surface area (Å²) in [5.74, 6) is -1.53. The maximum Gasteiger partial charge on any atom is 0.225 e. The fraction of sp³-hybridized carbons (Fsp3) is 0.462. The number of benzene rings is 1. The summed E-state index contributed by atoms with van der Waals surface area (Å²) < 4.78 is 31.1. The van der Waals surface area contributed by atoms with E-state index in [-0.39, 0.29) is 24.7 Å². The van der Waals surface area contributed by atoms with Crippen molar-refractivity contribution >= 4 is 5.91 Å². The van der Waals surface area contributed by atoms with Gasteiger partial charge in [-0.2, -0.15) is 0 Å². The second kappa shape index (κ2) is 7.68. The molecule has 6 heteroatoms. The van der Waals surface area contributed by atoms with Gasteiger partial charge in [0.2, 0.25) is 5.91 Å². The molecule has 1 aromatic rings. The Bertz CT molecular complexity index is 427. The van der Waals surface area contributed by atoms with Crippen molar-refractivity contribution in [3.63, 3.8) is 0 Å². The molecule has 0 aliphatic carbocycles. The molecule has 0 fully saturated rings. The van der Waals surface area contributed by atoms with E-state index in [1.54, 1.807) is 7.05 Å². The zero-order valence-corrected chi connectivity index (χ0v) is 10.9. The van der Waals surface area contributed by atoms with Crippen LogP contribution < -0.4 is 10.5 Å². The van der Waals surface area contributed by atoms with Crippen molar-refractivity contribution < 1.29 is 18.3 Å². The maximum absolute atomic E-state index is 13.2. The smallest absolute Gasteiger partial charge is 0.225 e. The number of ether oxygens (including phenoxy) is 1. The van der Waals surface area contributed by atoms with Gasteiger partial charge >= 0.3 is 0 Å². The first-order chi connectivity index (χ1) is 9.04. The number of hydrogen-bond donors (Lipinski definition) is 1. The van der Waals surface area contributed by atoms with Gasteiger partial charge in [0, 0.05) is 19.7 Å². The summed E-state index contributed by atoms with van der Waals surface area (Å²) in [6.45, 7) is 1.10. The zero-order valence-electron chi connectivity index (χ0n) is 10.9. The van der Waals surface area contributed by atoms with Crippen LogP contribution in [-0.2, 0) is 4.79 Å². The lowest BCUT2D eigenvalue weighted by Crippen LogP contribution is -2.30. The van der Waals surface area contributed by atoms with Crippen LogP contribution in [0.4, 0.5) is 8.78 Å². The minimum absolute atomic E-state index is 0.00612. The second-order valence-corrected chi connectivity index (χ2v) is 4.13. The van der Waals surface area contributed by atoms with E-state index in [1.807, 2.05) is 0 Å². The minimum Gasteiger partial charge on any atom is -0.490 e. The second-order valence-electron chi connectivity index (χ2n) is 4.13. The minimum atomic E-state index is -0.648. The van der Waals surface area contributed by atoms with Crippen molar-refractivity contribution in [1.82, 2.24) is 4.90 Å². The van der Waals surface area contributed by atoms with Crippen molar-refractivity contribution in [2.45, 2.75) is 12.8 Å². The molecule has 1 amide bonds. The molecule has 0 radical (unpaired) electrons. The summed E-state index contributed by atoms with van der Waals surface area (Å²) >= 11 is 0. The monoisotopic (exact) mass is 272 g/mol. The van der Waals surface area contributed by atoms with Crippen molar-refractivity contribution in [1.29, 1.82) is 0 Å². The van der Waals surface area contributed by atoms with Crippen molar-refractivity contribution in [3.05, 3.63) is 29.8 Å². The van der Waals surface area contributed by atoms with E-state index < -0.39 is 11.6 Å². The number of carbonyl (C=O) groups excluding carboxylic acids is 1. The van der Waals surface area contributed by atoms with Crippen LogP contribution in [0.3, 0.4) is 0 Å². The van der Waals surface area contributed by atoms with E-state index >= 15 is 0 Å². The fourth-order valence-electron chi connectivity index (χ4n) is 1.48. The Morgan fingerprint density at radius 2 is 2.16 bits per heavy atom. The van der Waals surface area contributed by atoms with Crippen molar-refractivity contribution in [3.8, 4) is 5.75 Å². The Morgan fingerprint density at radius 3 is 2.84 bits per heavy atom. The molecule has 1 aromatic carbocycles. The Balaban J connectivity index is 2.37. The van der Waals surface area contributed by atoms with Gasteiger partial charge in [0.15, 0.2) is 11.6 Å². The Labute approximate surface area is 111 Å². The quantitative estimate of drug-likeness (QED) is 0.819. The van der Waals surface area contributed by atoms with Gasteiger partial charge in [0.25, 0.3) is 0 Å². The van der Waals surface area contributed by atoms with Crippen LogP contribution >= 0.6 is 0 Å². The normalized spacial score (nSPS) is 10.3. The fourth-order valence-corrected chi connectivity index (χ4v) is 1.48. The number of nitrogens with zero attached hydrogens (tertiary/aromatic N) is 1. The van der Waals surface area contributed by atoms with E-state index in [9.17, 15) is 13.6 Å². The molecule has 0 bridgehead atoms. The number of nitrogens with two attached hydrogens (primary N) is 1. The molecule has 106 valence electrons. The summed E-state index contributed by atoms with van der Waals surface area (Å²) in [5.41, 5.74) is 5.34. The number of amides is 1. The standard InChI is InChI=1S/C13H18F2N2O2/c1-17(7-2-6-16)13(18)5-8-19-12-9-10(14)3-4-11(12)15/h3-4,9H,2,5-8,16H2,1H3. The SMILES string of the molecule is CN(CCCN)C(=O)CCOc1cc(F)ccc1F.